The first kappa shape index (κ1) is 16.1. The van der Waals surface area contributed by atoms with Crippen LogP contribution in [0.2, 0.25) is 0 Å². The molecule has 0 unspecified atom stereocenters. The van der Waals surface area contributed by atoms with Crippen LogP contribution in [-0.4, -0.2) is 32.7 Å². The monoisotopic (exact) mass is 341 g/mol. The highest BCUT2D eigenvalue weighted by Crippen LogP contribution is 2.30. The van der Waals surface area contributed by atoms with Crippen LogP contribution in [0.4, 0.5) is 0 Å². The number of piperidine rings is 1. The maximum absolute atomic E-state index is 12.2. The average Bonchev–Trinajstić information content (AvgIpc) is 3.21. The van der Waals surface area contributed by atoms with Crippen molar-refractivity contribution < 1.29 is 4.42 Å². The Bertz CT molecular complexity index is 954. The fraction of sp³-hybridized carbons (Fsp3) is 0.500. The number of nitrogens with one attached hydrogen (secondary N) is 2. The van der Waals surface area contributed by atoms with Crippen LogP contribution in [0.3, 0.4) is 0 Å². The minimum absolute atomic E-state index is 0.120. The van der Waals surface area contributed by atoms with E-state index >= 15 is 0 Å². The summed E-state index contributed by atoms with van der Waals surface area (Å²) in [6.45, 7) is 8.14. The van der Waals surface area contributed by atoms with Gasteiger partial charge in [0.25, 0.3) is 5.56 Å². The van der Waals surface area contributed by atoms with Gasteiger partial charge in [0.15, 0.2) is 0 Å². The van der Waals surface area contributed by atoms with E-state index in [1.807, 2.05) is 4.52 Å². The summed E-state index contributed by atoms with van der Waals surface area (Å²) in [6, 6.07) is 1.66. The fourth-order valence-corrected chi connectivity index (χ4v) is 3.32. The number of aromatic amines is 1. The van der Waals surface area contributed by atoms with Gasteiger partial charge >= 0.3 is 0 Å². The molecule has 132 valence electrons. The fourth-order valence-electron chi connectivity index (χ4n) is 3.32. The molecule has 7 heteroatoms. The van der Waals surface area contributed by atoms with Crippen molar-refractivity contribution in [1.82, 2.24) is 24.9 Å². The molecule has 3 aromatic rings. The van der Waals surface area contributed by atoms with Crippen molar-refractivity contribution in [2.75, 3.05) is 13.1 Å². The van der Waals surface area contributed by atoms with Crippen molar-refractivity contribution >= 4 is 5.65 Å². The Morgan fingerprint density at radius 1 is 1.24 bits per heavy atom. The lowest BCUT2D eigenvalue weighted by Crippen LogP contribution is -2.28. The Morgan fingerprint density at radius 2 is 2.00 bits per heavy atom. The summed E-state index contributed by atoms with van der Waals surface area (Å²) >= 11 is 0. The van der Waals surface area contributed by atoms with E-state index < -0.39 is 0 Å². The van der Waals surface area contributed by atoms with Crippen LogP contribution in [0.1, 0.15) is 51.0 Å². The molecule has 1 saturated heterocycles. The molecule has 0 aliphatic carbocycles. The molecule has 7 nitrogen and oxygen atoms in total. The molecule has 0 amide bonds. The van der Waals surface area contributed by atoms with Gasteiger partial charge in [-0.05, 0) is 25.9 Å². The summed E-state index contributed by atoms with van der Waals surface area (Å²) in [5, 5.41) is 7.86. The molecule has 0 saturated carbocycles. The minimum Gasteiger partial charge on any atom is -0.440 e. The third kappa shape index (κ3) is 2.89. The Morgan fingerprint density at radius 3 is 2.68 bits per heavy atom. The van der Waals surface area contributed by atoms with Crippen LogP contribution >= 0.6 is 0 Å². The van der Waals surface area contributed by atoms with Gasteiger partial charge in [-0.2, -0.15) is 5.10 Å². The highest BCUT2D eigenvalue weighted by Gasteiger charge is 2.24. The predicted octanol–water partition coefficient (Wildman–Crippen LogP) is 2.44. The highest BCUT2D eigenvalue weighted by atomic mass is 16.4. The van der Waals surface area contributed by atoms with Gasteiger partial charge in [0.2, 0.25) is 5.89 Å². The van der Waals surface area contributed by atoms with Gasteiger partial charge in [-0.25, -0.2) is 9.50 Å². The lowest BCUT2D eigenvalue weighted by Gasteiger charge is -2.23. The van der Waals surface area contributed by atoms with Crippen molar-refractivity contribution in [2.45, 2.75) is 44.9 Å². The summed E-state index contributed by atoms with van der Waals surface area (Å²) < 4.78 is 7.76. The Hall–Kier alpha value is -2.41. The molecular weight excluding hydrogens is 318 g/mol. The SMILES string of the molecule is CC(C)(C)c1cnc(-c2cnn3c(C4CCNCC4)cc(=O)[nH]c23)o1. The van der Waals surface area contributed by atoms with Gasteiger partial charge < -0.3 is 14.7 Å². The molecule has 2 N–H and O–H groups in total. The first-order valence-electron chi connectivity index (χ1n) is 8.72. The number of nitrogens with zero attached hydrogens (tertiary/aromatic N) is 3. The highest BCUT2D eigenvalue weighted by molar-refractivity contribution is 5.71. The Balaban J connectivity index is 1.83. The number of H-pyrrole nitrogens is 1. The van der Waals surface area contributed by atoms with Crippen LogP contribution in [0.25, 0.3) is 17.1 Å². The molecule has 1 fully saturated rings. The second-order valence-electron chi connectivity index (χ2n) is 7.68. The van der Waals surface area contributed by atoms with E-state index in [0.717, 1.165) is 37.4 Å². The first-order valence-corrected chi connectivity index (χ1v) is 8.72. The first-order chi connectivity index (χ1) is 11.9. The molecule has 0 atom stereocenters. The van der Waals surface area contributed by atoms with E-state index in [-0.39, 0.29) is 11.0 Å². The van der Waals surface area contributed by atoms with Crippen LogP contribution in [0.15, 0.2) is 27.7 Å². The van der Waals surface area contributed by atoms with Crippen LogP contribution in [0, 0.1) is 0 Å². The lowest BCUT2D eigenvalue weighted by atomic mass is 9.94. The zero-order valence-corrected chi connectivity index (χ0v) is 14.8. The maximum Gasteiger partial charge on any atom is 0.251 e. The minimum atomic E-state index is -0.123. The quantitative estimate of drug-likeness (QED) is 0.747. The van der Waals surface area contributed by atoms with Crippen LogP contribution in [0.5, 0.6) is 0 Å². The van der Waals surface area contributed by atoms with E-state index in [0.29, 0.717) is 23.0 Å². The van der Waals surface area contributed by atoms with Gasteiger partial charge in [-0.3, -0.25) is 4.79 Å². The molecule has 1 aliphatic rings. The molecule has 0 radical (unpaired) electrons. The number of rotatable bonds is 2. The van der Waals surface area contributed by atoms with E-state index in [1.54, 1.807) is 18.5 Å². The van der Waals surface area contributed by atoms with Crippen LogP contribution in [-0.2, 0) is 5.41 Å². The zero-order chi connectivity index (χ0) is 17.6. The average molecular weight is 341 g/mol. The third-order valence-electron chi connectivity index (χ3n) is 4.77. The van der Waals surface area contributed by atoms with E-state index in [1.165, 1.54) is 0 Å². The molecule has 0 bridgehead atoms. The number of oxazole rings is 1. The standard InChI is InChI=1S/C18H23N5O2/c1-18(2,3)14-10-20-17(25-14)12-9-21-23-13(8-15(24)22-16(12)23)11-4-6-19-7-5-11/h8-11,19H,4-7H2,1-3H3,(H,22,24). The molecule has 0 aromatic carbocycles. The topological polar surface area (TPSA) is 88.2 Å². The predicted molar refractivity (Wildman–Crippen MR) is 94.9 cm³/mol. The molecule has 1 aliphatic heterocycles. The Kier molecular flexibility index (Phi) is 3.76. The second-order valence-corrected chi connectivity index (χ2v) is 7.68. The molecular formula is C18H23N5O2. The van der Waals surface area contributed by atoms with Crippen LogP contribution < -0.4 is 10.9 Å². The Labute approximate surface area is 145 Å². The molecule has 4 heterocycles. The van der Waals surface area contributed by atoms with E-state index in [2.05, 4.69) is 41.2 Å². The van der Waals surface area contributed by atoms with Gasteiger partial charge in [0.05, 0.1) is 23.7 Å². The number of hydrogen-bond acceptors (Lipinski definition) is 5. The third-order valence-corrected chi connectivity index (χ3v) is 4.77. The number of aromatic nitrogens is 4. The van der Waals surface area contributed by atoms with Gasteiger partial charge in [-0.15, -0.1) is 0 Å². The summed E-state index contributed by atoms with van der Waals surface area (Å²) in [5.41, 5.74) is 2.06. The summed E-state index contributed by atoms with van der Waals surface area (Å²) in [6.07, 6.45) is 5.46. The summed E-state index contributed by atoms with van der Waals surface area (Å²) in [5.74, 6) is 1.62. The molecule has 3 aromatic heterocycles. The van der Waals surface area contributed by atoms with Gasteiger partial charge in [0.1, 0.15) is 11.4 Å². The van der Waals surface area contributed by atoms with Crippen molar-refractivity contribution in [3.05, 3.63) is 40.3 Å². The van der Waals surface area contributed by atoms with Crippen molar-refractivity contribution in [1.29, 1.82) is 0 Å². The summed E-state index contributed by atoms with van der Waals surface area (Å²) in [7, 11) is 0. The molecule has 25 heavy (non-hydrogen) atoms. The number of hydrogen-bond donors (Lipinski definition) is 2. The zero-order valence-electron chi connectivity index (χ0n) is 14.8. The largest absolute Gasteiger partial charge is 0.440 e. The van der Waals surface area contributed by atoms with E-state index in [4.69, 9.17) is 4.42 Å². The molecule has 0 spiro atoms. The van der Waals surface area contributed by atoms with E-state index in [9.17, 15) is 4.79 Å². The van der Waals surface area contributed by atoms with Crippen molar-refractivity contribution in [3.63, 3.8) is 0 Å². The van der Waals surface area contributed by atoms with Crippen molar-refractivity contribution in [2.24, 2.45) is 0 Å². The van der Waals surface area contributed by atoms with Gasteiger partial charge in [-0.1, -0.05) is 20.8 Å². The second kappa shape index (κ2) is 5.84. The lowest BCUT2D eigenvalue weighted by molar-refractivity contribution is 0.416. The van der Waals surface area contributed by atoms with Crippen molar-refractivity contribution in [3.8, 4) is 11.5 Å². The number of fused-ring (bicyclic) bond motifs is 1. The normalized spacial score (nSPS) is 16.6. The maximum atomic E-state index is 12.2. The van der Waals surface area contributed by atoms with Gasteiger partial charge in [0, 0.05) is 17.4 Å². The smallest absolute Gasteiger partial charge is 0.251 e. The summed E-state index contributed by atoms with van der Waals surface area (Å²) in [4.78, 5) is 19.5. The molecule has 4 rings (SSSR count).